The molecular formula is C15H26O6. The van der Waals surface area contributed by atoms with Crippen LogP contribution < -0.4 is 4.74 Å². The maximum atomic E-state index is 9.70. The summed E-state index contributed by atoms with van der Waals surface area (Å²) in [5.74, 6) is -1.03. The van der Waals surface area contributed by atoms with Crippen LogP contribution in [0.25, 0.3) is 0 Å². The third-order valence-electron chi connectivity index (χ3n) is 1.97. The summed E-state index contributed by atoms with van der Waals surface area (Å²) in [6.07, 6.45) is 0. The van der Waals surface area contributed by atoms with E-state index in [1.165, 1.54) is 0 Å². The van der Waals surface area contributed by atoms with Crippen molar-refractivity contribution in [2.24, 2.45) is 11.8 Å². The molecule has 6 nitrogen and oxygen atoms in total. The fourth-order valence-electron chi connectivity index (χ4n) is 0.557. The van der Waals surface area contributed by atoms with E-state index < -0.39 is 11.9 Å². The molecule has 21 heavy (non-hydrogen) atoms. The molecule has 0 heterocycles. The van der Waals surface area contributed by atoms with Gasteiger partial charge in [-0.25, -0.2) is 0 Å². The molecule has 0 bridgehead atoms. The van der Waals surface area contributed by atoms with Crippen molar-refractivity contribution in [3.05, 3.63) is 30.3 Å². The number of rotatable bonds is 3. The average molecular weight is 302 g/mol. The van der Waals surface area contributed by atoms with Crippen molar-refractivity contribution in [2.75, 3.05) is 7.11 Å². The van der Waals surface area contributed by atoms with E-state index in [-0.39, 0.29) is 17.3 Å². The number of aliphatic carboxylic acids is 2. The molecule has 0 amide bonds. The maximum absolute atomic E-state index is 9.70. The standard InChI is InChI=1S/C7H8O.2C4H8O2.H2O/c1-8-7-5-3-2-4-6-7;2*1-3(2)4(5)6;/h2-6H,1H3;2*3H,1-2H3,(H,5,6);1H2. The van der Waals surface area contributed by atoms with E-state index >= 15 is 0 Å². The van der Waals surface area contributed by atoms with Crippen LogP contribution in [0, 0.1) is 11.8 Å². The summed E-state index contributed by atoms with van der Waals surface area (Å²) in [6.45, 7) is 6.56. The van der Waals surface area contributed by atoms with Crippen LogP contribution in [-0.4, -0.2) is 34.7 Å². The topological polar surface area (TPSA) is 115 Å². The second-order valence-corrected chi connectivity index (χ2v) is 4.50. The van der Waals surface area contributed by atoms with E-state index in [1.807, 2.05) is 30.3 Å². The van der Waals surface area contributed by atoms with Gasteiger partial charge >= 0.3 is 11.9 Å². The molecule has 0 aromatic heterocycles. The van der Waals surface area contributed by atoms with Crippen molar-refractivity contribution in [2.45, 2.75) is 27.7 Å². The summed E-state index contributed by atoms with van der Waals surface area (Å²) < 4.78 is 4.91. The van der Waals surface area contributed by atoms with Gasteiger partial charge in [-0.2, -0.15) is 0 Å². The average Bonchev–Trinajstić information content (AvgIpc) is 2.40. The summed E-state index contributed by atoms with van der Waals surface area (Å²) in [5.41, 5.74) is 0. The smallest absolute Gasteiger partial charge is 0.305 e. The van der Waals surface area contributed by atoms with E-state index in [2.05, 4.69) is 0 Å². The third-order valence-corrected chi connectivity index (χ3v) is 1.97. The Balaban J connectivity index is -0.000000231. The van der Waals surface area contributed by atoms with Gasteiger partial charge in [-0.3, -0.25) is 9.59 Å². The molecule has 6 heteroatoms. The number of methoxy groups -OCH3 is 1. The summed E-state index contributed by atoms with van der Waals surface area (Å²) >= 11 is 0. The normalized spacial score (nSPS) is 8.52. The zero-order valence-corrected chi connectivity index (χ0v) is 13.2. The maximum Gasteiger partial charge on any atom is 0.305 e. The van der Waals surface area contributed by atoms with E-state index in [0.29, 0.717) is 0 Å². The van der Waals surface area contributed by atoms with Gasteiger partial charge in [0.05, 0.1) is 18.9 Å². The molecule has 0 fully saturated rings. The molecular weight excluding hydrogens is 276 g/mol. The first-order valence-corrected chi connectivity index (χ1v) is 6.27. The van der Waals surface area contributed by atoms with E-state index in [9.17, 15) is 9.59 Å². The lowest BCUT2D eigenvalue weighted by atomic mass is 10.2. The Kier molecular flexibility index (Phi) is 16.4. The minimum absolute atomic E-state index is 0. The van der Waals surface area contributed by atoms with Gasteiger partial charge in [-0.1, -0.05) is 45.9 Å². The van der Waals surface area contributed by atoms with Crippen LogP contribution in [0.3, 0.4) is 0 Å². The number of benzene rings is 1. The van der Waals surface area contributed by atoms with Gasteiger partial charge in [0.2, 0.25) is 0 Å². The van der Waals surface area contributed by atoms with Crippen molar-refractivity contribution in [1.29, 1.82) is 0 Å². The van der Waals surface area contributed by atoms with Crippen molar-refractivity contribution in [1.82, 2.24) is 0 Å². The zero-order valence-electron chi connectivity index (χ0n) is 13.2. The van der Waals surface area contributed by atoms with E-state index in [1.54, 1.807) is 34.8 Å². The molecule has 0 aliphatic carbocycles. The molecule has 1 aromatic carbocycles. The number of carboxylic acids is 2. The summed E-state index contributed by atoms with van der Waals surface area (Å²) in [6, 6.07) is 9.68. The second kappa shape index (κ2) is 14.3. The minimum Gasteiger partial charge on any atom is -0.497 e. The van der Waals surface area contributed by atoms with Crippen LogP contribution >= 0.6 is 0 Å². The van der Waals surface area contributed by atoms with E-state index in [0.717, 1.165) is 5.75 Å². The SMILES string of the molecule is CC(C)C(=O)O.CC(C)C(=O)O.COc1ccccc1.O. The summed E-state index contributed by atoms with van der Waals surface area (Å²) in [4.78, 5) is 19.4. The summed E-state index contributed by atoms with van der Waals surface area (Å²) in [5, 5.41) is 16.0. The first-order chi connectivity index (χ1) is 9.22. The number of carboxylic acid groups (broad SMARTS) is 2. The first kappa shape index (κ1) is 24.0. The van der Waals surface area contributed by atoms with Crippen LogP contribution in [0.2, 0.25) is 0 Å². The fraction of sp³-hybridized carbons (Fsp3) is 0.467. The summed E-state index contributed by atoms with van der Waals surface area (Å²) in [7, 11) is 1.66. The third kappa shape index (κ3) is 17.9. The lowest BCUT2D eigenvalue weighted by Gasteiger charge is -1.93. The molecule has 4 N–H and O–H groups in total. The molecule has 0 unspecified atom stereocenters. The highest BCUT2D eigenvalue weighted by atomic mass is 16.5. The predicted octanol–water partition coefficient (Wildman–Crippen LogP) is 2.32. The fourth-order valence-corrected chi connectivity index (χ4v) is 0.557. The Bertz CT molecular complexity index is 355. The van der Waals surface area contributed by atoms with Crippen molar-refractivity contribution >= 4 is 11.9 Å². The molecule has 0 spiro atoms. The number of carbonyl (C=O) groups is 2. The zero-order chi connectivity index (χ0) is 16.1. The monoisotopic (exact) mass is 302 g/mol. The van der Waals surface area contributed by atoms with Crippen LogP contribution in [0.5, 0.6) is 5.75 Å². The van der Waals surface area contributed by atoms with Crippen molar-refractivity contribution in [3.8, 4) is 5.75 Å². The van der Waals surface area contributed by atoms with Crippen molar-refractivity contribution < 1.29 is 30.0 Å². The predicted molar refractivity (Wildman–Crippen MR) is 81.6 cm³/mol. The Morgan fingerprint density at radius 1 is 0.905 bits per heavy atom. The van der Waals surface area contributed by atoms with E-state index in [4.69, 9.17) is 14.9 Å². The van der Waals surface area contributed by atoms with Gasteiger partial charge in [0.15, 0.2) is 0 Å². The van der Waals surface area contributed by atoms with Gasteiger partial charge < -0.3 is 20.4 Å². The molecule has 1 aromatic rings. The highest BCUT2D eigenvalue weighted by Crippen LogP contribution is 2.05. The first-order valence-electron chi connectivity index (χ1n) is 6.27. The Morgan fingerprint density at radius 2 is 1.19 bits per heavy atom. The Morgan fingerprint density at radius 3 is 1.33 bits per heavy atom. The highest BCUT2D eigenvalue weighted by Gasteiger charge is 1.99. The molecule has 0 atom stereocenters. The van der Waals surface area contributed by atoms with Crippen LogP contribution in [0.15, 0.2) is 30.3 Å². The van der Waals surface area contributed by atoms with Crippen LogP contribution in [-0.2, 0) is 9.59 Å². The largest absolute Gasteiger partial charge is 0.497 e. The molecule has 0 saturated heterocycles. The quantitative estimate of drug-likeness (QED) is 0.889. The second-order valence-electron chi connectivity index (χ2n) is 4.50. The van der Waals surface area contributed by atoms with Gasteiger partial charge in [0, 0.05) is 0 Å². The van der Waals surface area contributed by atoms with Gasteiger partial charge in [-0.15, -0.1) is 0 Å². The number of hydrogen-bond acceptors (Lipinski definition) is 3. The lowest BCUT2D eigenvalue weighted by Crippen LogP contribution is -2.03. The molecule has 1 rings (SSSR count). The molecule has 122 valence electrons. The highest BCUT2D eigenvalue weighted by molar-refractivity contribution is 5.69. The number of ether oxygens (including phenoxy) is 1. The molecule has 0 aliphatic heterocycles. The number of hydrogen-bond donors (Lipinski definition) is 2. The van der Waals surface area contributed by atoms with Gasteiger partial charge in [0.25, 0.3) is 0 Å². The molecule has 0 radical (unpaired) electrons. The minimum atomic E-state index is -0.741. The van der Waals surface area contributed by atoms with Crippen LogP contribution in [0.1, 0.15) is 27.7 Å². The Hall–Kier alpha value is -2.08. The molecule has 0 saturated carbocycles. The number of para-hydroxylation sites is 1. The Labute approximate surface area is 125 Å². The molecule has 0 aliphatic rings. The lowest BCUT2D eigenvalue weighted by molar-refractivity contribution is -0.141. The van der Waals surface area contributed by atoms with Gasteiger partial charge in [-0.05, 0) is 12.1 Å². The van der Waals surface area contributed by atoms with Gasteiger partial charge in [0.1, 0.15) is 5.75 Å². The van der Waals surface area contributed by atoms with Crippen molar-refractivity contribution in [3.63, 3.8) is 0 Å². The van der Waals surface area contributed by atoms with Crippen LogP contribution in [0.4, 0.5) is 0 Å².